The minimum atomic E-state index is -0.622. The van der Waals surface area contributed by atoms with E-state index in [4.69, 9.17) is 14.2 Å². The van der Waals surface area contributed by atoms with Crippen LogP contribution in [0.3, 0.4) is 0 Å². The zero-order valence-corrected chi connectivity index (χ0v) is 13.5. The Kier molecular flexibility index (Phi) is 4.68. The molecule has 0 radical (unpaired) electrons. The van der Waals surface area contributed by atoms with Crippen molar-refractivity contribution in [3.63, 3.8) is 0 Å². The average molecular weight is 333 g/mol. The number of hydrogen-bond donors (Lipinski definition) is 0. The normalized spacial score (nSPS) is 10.3. The first-order chi connectivity index (χ1) is 11.2. The lowest BCUT2D eigenvalue weighted by molar-refractivity contribution is -0.134. The van der Waals surface area contributed by atoms with Gasteiger partial charge in [0.25, 0.3) is 0 Å². The Labute approximate surface area is 136 Å². The highest BCUT2D eigenvalue weighted by molar-refractivity contribution is 5.98. The van der Waals surface area contributed by atoms with Crippen molar-refractivity contribution in [2.75, 3.05) is 0 Å². The molecule has 1 aromatic heterocycles. The molecule has 1 heterocycles. The van der Waals surface area contributed by atoms with E-state index in [-0.39, 0.29) is 23.2 Å². The summed E-state index contributed by atoms with van der Waals surface area (Å²) in [5.41, 5.74) is 0.339. The van der Waals surface area contributed by atoms with E-state index in [1.54, 1.807) is 0 Å². The zero-order valence-electron chi connectivity index (χ0n) is 13.5. The third kappa shape index (κ3) is 3.60. The van der Waals surface area contributed by atoms with Gasteiger partial charge in [-0.2, -0.15) is 0 Å². The summed E-state index contributed by atoms with van der Waals surface area (Å²) >= 11 is 0. The second-order valence-electron chi connectivity index (χ2n) is 4.98. The first-order valence-corrected chi connectivity index (χ1v) is 6.94. The summed E-state index contributed by atoms with van der Waals surface area (Å²) in [4.78, 5) is 45.5. The van der Waals surface area contributed by atoms with Crippen LogP contribution in [0.2, 0.25) is 0 Å². The van der Waals surface area contributed by atoms with Crippen LogP contribution in [0, 0.1) is 0 Å². The molecule has 8 heteroatoms. The van der Waals surface area contributed by atoms with E-state index in [1.807, 2.05) is 0 Å². The van der Waals surface area contributed by atoms with Gasteiger partial charge in [0.2, 0.25) is 5.91 Å². The molecule has 0 unspecified atom stereocenters. The number of carbonyl (C=O) groups excluding carboxylic acids is 4. The summed E-state index contributed by atoms with van der Waals surface area (Å²) < 4.78 is 16.4. The molecule has 0 bridgehead atoms. The molecule has 0 aliphatic rings. The first-order valence-electron chi connectivity index (χ1n) is 6.94. The van der Waals surface area contributed by atoms with Gasteiger partial charge in [-0.25, -0.2) is 0 Å². The van der Waals surface area contributed by atoms with Gasteiger partial charge in [0.1, 0.15) is 0 Å². The van der Waals surface area contributed by atoms with Crippen LogP contribution in [0.4, 0.5) is 0 Å². The summed E-state index contributed by atoms with van der Waals surface area (Å²) in [6, 6.07) is 2.73. The first kappa shape index (κ1) is 17.2. The SMILES string of the molecule is CC(=O)Oc1cc2c(OC(C)=O)cn(C(C)=O)c2cc1OC(C)=O. The molecule has 0 N–H and O–H groups in total. The second kappa shape index (κ2) is 6.53. The Morgan fingerprint density at radius 2 is 1.21 bits per heavy atom. The lowest BCUT2D eigenvalue weighted by Crippen LogP contribution is -2.08. The van der Waals surface area contributed by atoms with Crippen molar-refractivity contribution < 1.29 is 33.4 Å². The van der Waals surface area contributed by atoms with Gasteiger partial charge in [-0.3, -0.25) is 23.7 Å². The molecular formula is C16H15NO7. The Balaban J connectivity index is 2.74. The number of aromatic nitrogens is 1. The Morgan fingerprint density at radius 3 is 1.67 bits per heavy atom. The topological polar surface area (TPSA) is 101 Å². The Hall–Kier alpha value is -3.16. The third-order valence-corrected chi connectivity index (χ3v) is 2.93. The van der Waals surface area contributed by atoms with Crippen LogP contribution in [0.25, 0.3) is 10.9 Å². The highest BCUT2D eigenvalue weighted by atomic mass is 16.6. The molecule has 0 aliphatic carbocycles. The smallest absolute Gasteiger partial charge is 0.308 e. The summed E-state index contributed by atoms with van der Waals surface area (Å²) in [5.74, 6) is -2.09. The van der Waals surface area contributed by atoms with Crippen molar-refractivity contribution in [3.05, 3.63) is 18.3 Å². The molecule has 126 valence electrons. The fourth-order valence-corrected chi connectivity index (χ4v) is 2.17. The van der Waals surface area contributed by atoms with E-state index in [0.717, 1.165) is 0 Å². The predicted octanol–water partition coefficient (Wildman–Crippen LogP) is 2.08. The van der Waals surface area contributed by atoms with Crippen molar-refractivity contribution in [1.82, 2.24) is 4.57 Å². The van der Waals surface area contributed by atoms with E-state index in [9.17, 15) is 19.2 Å². The van der Waals surface area contributed by atoms with Gasteiger partial charge < -0.3 is 14.2 Å². The van der Waals surface area contributed by atoms with Gasteiger partial charge in [-0.1, -0.05) is 0 Å². The van der Waals surface area contributed by atoms with Crippen molar-refractivity contribution in [1.29, 1.82) is 0 Å². The van der Waals surface area contributed by atoms with Gasteiger partial charge in [0.15, 0.2) is 17.2 Å². The fraction of sp³-hybridized carbons (Fsp3) is 0.250. The molecule has 2 aromatic rings. The van der Waals surface area contributed by atoms with Gasteiger partial charge in [0, 0.05) is 39.1 Å². The van der Waals surface area contributed by atoms with Crippen LogP contribution in [-0.2, 0) is 14.4 Å². The van der Waals surface area contributed by atoms with Crippen molar-refractivity contribution in [2.45, 2.75) is 27.7 Å². The molecule has 0 saturated heterocycles. The summed E-state index contributed by atoms with van der Waals surface area (Å²) in [7, 11) is 0. The van der Waals surface area contributed by atoms with E-state index in [1.165, 1.54) is 50.6 Å². The summed E-state index contributed by atoms with van der Waals surface area (Å²) in [6.45, 7) is 4.92. The van der Waals surface area contributed by atoms with Crippen LogP contribution < -0.4 is 14.2 Å². The summed E-state index contributed by atoms with van der Waals surface area (Å²) in [5, 5.41) is 0.354. The minimum Gasteiger partial charge on any atom is -0.424 e. The van der Waals surface area contributed by atoms with E-state index in [2.05, 4.69) is 0 Å². The van der Waals surface area contributed by atoms with Crippen molar-refractivity contribution in [2.24, 2.45) is 0 Å². The third-order valence-electron chi connectivity index (χ3n) is 2.93. The number of esters is 3. The maximum atomic E-state index is 11.8. The van der Waals surface area contributed by atoms with E-state index in [0.29, 0.717) is 10.9 Å². The van der Waals surface area contributed by atoms with Crippen molar-refractivity contribution >= 4 is 34.7 Å². The van der Waals surface area contributed by atoms with Gasteiger partial charge >= 0.3 is 17.9 Å². The fourth-order valence-electron chi connectivity index (χ4n) is 2.17. The van der Waals surface area contributed by atoms with Crippen molar-refractivity contribution in [3.8, 4) is 17.2 Å². The van der Waals surface area contributed by atoms with Crippen LogP contribution in [0.1, 0.15) is 32.5 Å². The lowest BCUT2D eigenvalue weighted by Gasteiger charge is -2.10. The minimum absolute atomic E-state index is 0.0276. The maximum Gasteiger partial charge on any atom is 0.308 e. The quantitative estimate of drug-likeness (QED) is 0.626. The average Bonchev–Trinajstić information content (AvgIpc) is 2.75. The molecule has 0 aliphatic heterocycles. The van der Waals surface area contributed by atoms with E-state index >= 15 is 0 Å². The highest BCUT2D eigenvalue weighted by Gasteiger charge is 2.20. The molecule has 2 rings (SSSR count). The summed E-state index contributed by atoms with van der Waals surface area (Å²) in [6.07, 6.45) is 1.34. The molecule has 1 aromatic carbocycles. The molecule has 0 fully saturated rings. The Morgan fingerprint density at radius 1 is 0.750 bits per heavy atom. The molecular weight excluding hydrogens is 318 g/mol. The monoisotopic (exact) mass is 333 g/mol. The number of fused-ring (bicyclic) bond motifs is 1. The maximum absolute atomic E-state index is 11.8. The number of benzene rings is 1. The number of carbonyl (C=O) groups is 4. The standard InChI is InChI=1S/C16H15NO7/c1-8(18)17-7-16(24-11(4)21)12-5-14(22-9(2)19)15(6-13(12)17)23-10(3)20/h5-7H,1-4H3. The molecule has 0 atom stereocenters. The largest absolute Gasteiger partial charge is 0.424 e. The van der Waals surface area contributed by atoms with Crippen LogP contribution >= 0.6 is 0 Å². The Bertz CT molecular complexity index is 863. The van der Waals surface area contributed by atoms with Gasteiger partial charge in [-0.05, 0) is 6.07 Å². The lowest BCUT2D eigenvalue weighted by atomic mass is 10.2. The zero-order chi connectivity index (χ0) is 18.0. The predicted molar refractivity (Wildman–Crippen MR) is 82.2 cm³/mol. The molecule has 8 nitrogen and oxygen atoms in total. The van der Waals surface area contributed by atoms with E-state index < -0.39 is 17.9 Å². The number of nitrogens with zero attached hydrogens (tertiary/aromatic N) is 1. The second-order valence-corrected chi connectivity index (χ2v) is 4.98. The van der Waals surface area contributed by atoms with Gasteiger partial charge in [0.05, 0.1) is 11.7 Å². The highest BCUT2D eigenvalue weighted by Crippen LogP contribution is 2.38. The van der Waals surface area contributed by atoms with Crippen LogP contribution in [-0.4, -0.2) is 28.4 Å². The molecule has 0 amide bonds. The molecule has 24 heavy (non-hydrogen) atoms. The van der Waals surface area contributed by atoms with Crippen LogP contribution in [0.5, 0.6) is 17.2 Å². The number of hydrogen-bond acceptors (Lipinski definition) is 7. The number of rotatable bonds is 3. The van der Waals surface area contributed by atoms with Crippen LogP contribution in [0.15, 0.2) is 18.3 Å². The molecule has 0 spiro atoms. The molecule has 0 saturated carbocycles. The number of ether oxygens (including phenoxy) is 3. The van der Waals surface area contributed by atoms with Gasteiger partial charge in [-0.15, -0.1) is 0 Å².